The maximum Gasteiger partial charge on any atom is 0.220 e. The minimum absolute atomic E-state index is 0.965. The first-order valence-electron chi connectivity index (χ1n) is 14.6. The van der Waals surface area contributed by atoms with Crippen molar-refractivity contribution in [1.29, 1.82) is 0 Å². The van der Waals surface area contributed by atoms with Gasteiger partial charge in [-0.3, -0.25) is 8.80 Å². The SMILES string of the molecule is c1ccc2cc3c(cc2c1)nc1n3c2cc(-c3ccc4sc5ccccc5c4c3)cc3c4cc5ccccc5cc4n1c32. The normalized spacial score (nSPS) is 12.7. The van der Waals surface area contributed by atoms with Crippen molar-refractivity contribution in [2.45, 2.75) is 0 Å². The number of thiophene rings is 1. The standard InChI is InChI=1S/C39H21N3S/c1-3-9-24-19-33-29(15-22(24)7-1)31-17-27(26-13-14-37-30(16-26)28-11-5-6-12-36(28)43-37)21-35-38(31)42(33)39-40-32-18-23-8-2-4-10-25(23)20-34(32)41(35)39/h1-21H. The summed E-state index contributed by atoms with van der Waals surface area (Å²) in [5.41, 5.74) is 8.24. The molecule has 0 fully saturated rings. The highest BCUT2D eigenvalue weighted by Crippen LogP contribution is 2.42. The number of imidazole rings is 2. The summed E-state index contributed by atoms with van der Waals surface area (Å²) in [5, 5.41) is 10.1. The third-order valence-corrected chi connectivity index (χ3v) is 10.5. The lowest BCUT2D eigenvalue weighted by atomic mass is 9.99. The molecule has 0 aliphatic rings. The van der Waals surface area contributed by atoms with Gasteiger partial charge in [0, 0.05) is 30.9 Å². The van der Waals surface area contributed by atoms with Gasteiger partial charge in [-0.2, -0.15) is 0 Å². The lowest BCUT2D eigenvalue weighted by Crippen LogP contribution is -1.85. The van der Waals surface area contributed by atoms with Crippen molar-refractivity contribution < 1.29 is 0 Å². The Morgan fingerprint density at radius 3 is 1.95 bits per heavy atom. The molecule has 0 amide bonds. The van der Waals surface area contributed by atoms with E-state index in [2.05, 4.69) is 136 Å². The average Bonchev–Trinajstić information content (AvgIpc) is 3.77. The smallest absolute Gasteiger partial charge is 0.220 e. The van der Waals surface area contributed by atoms with E-state index in [-0.39, 0.29) is 0 Å². The van der Waals surface area contributed by atoms with Crippen LogP contribution >= 0.6 is 11.3 Å². The molecule has 198 valence electrons. The van der Waals surface area contributed by atoms with Gasteiger partial charge in [-0.1, -0.05) is 72.8 Å². The van der Waals surface area contributed by atoms with Crippen LogP contribution in [-0.2, 0) is 0 Å². The molecule has 0 aliphatic heterocycles. The van der Waals surface area contributed by atoms with Gasteiger partial charge in [0.05, 0.1) is 27.6 Å². The number of hydrogen-bond donors (Lipinski definition) is 0. The van der Waals surface area contributed by atoms with E-state index < -0.39 is 0 Å². The molecule has 4 heteroatoms. The molecule has 4 heterocycles. The molecular formula is C39H21N3S. The molecule has 0 saturated heterocycles. The molecule has 0 saturated carbocycles. The molecule has 0 atom stereocenters. The molecule has 0 unspecified atom stereocenters. The molecular weight excluding hydrogens is 543 g/mol. The summed E-state index contributed by atoms with van der Waals surface area (Å²) in [5.74, 6) is 0.965. The number of aromatic nitrogens is 3. The van der Waals surface area contributed by atoms with Crippen molar-refractivity contribution in [2.24, 2.45) is 0 Å². The van der Waals surface area contributed by atoms with Crippen LogP contribution in [-0.4, -0.2) is 13.8 Å². The predicted molar refractivity (Wildman–Crippen MR) is 183 cm³/mol. The van der Waals surface area contributed by atoms with E-state index >= 15 is 0 Å². The van der Waals surface area contributed by atoms with Crippen molar-refractivity contribution >= 4 is 97.2 Å². The first kappa shape index (κ1) is 22.2. The van der Waals surface area contributed by atoms with E-state index in [0.29, 0.717) is 0 Å². The topological polar surface area (TPSA) is 21.7 Å². The summed E-state index contributed by atoms with van der Waals surface area (Å²) in [6, 6.07) is 46.9. The maximum atomic E-state index is 5.28. The summed E-state index contributed by atoms with van der Waals surface area (Å²) in [6.45, 7) is 0. The fourth-order valence-electron chi connectivity index (χ4n) is 7.40. The van der Waals surface area contributed by atoms with Crippen LogP contribution in [0.5, 0.6) is 0 Å². The van der Waals surface area contributed by atoms with Crippen LogP contribution < -0.4 is 0 Å². The second-order valence-corrected chi connectivity index (χ2v) is 12.8. The highest BCUT2D eigenvalue weighted by Gasteiger charge is 2.23. The largest absolute Gasteiger partial charge is 0.277 e. The highest BCUT2D eigenvalue weighted by molar-refractivity contribution is 7.25. The van der Waals surface area contributed by atoms with E-state index in [4.69, 9.17) is 4.98 Å². The Morgan fingerprint density at radius 2 is 1.12 bits per heavy atom. The number of nitrogens with zero attached hydrogens (tertiary/aromatic N) is 3. The Balaban J connectivity index is 1.33. The number of hydrogen-bond acceptors (Lipinski definition) is 2. The zero-order valence-corrected chi connectivity index (χ0v) is 23.7. The van der Waals surface area contributed by atoms with Crippen LogP contribution in [0.2, 0.25) is 0 Å². The first-order chi connectivity index (χ1) is 21.3. The quantitative estimate of drug-likeness (QED) is 0.195. The number of fused-ring (bicyclic) bond motifs is 13. The van der Waals surface area contributed by atoms with Crippen molar-refractivity contribution in [2.75, 3.05) is 0 Å². The van der Waals surface area contributed by atoms with Gasteiger partial charge in [0.25, 0.3) is 0 Å². The Kier molecular flexibility index (Phi) is 3.96. The van der Waals surface area contributed by atoms with Gasteiger partial charge in [0.1, 0.15) is 0 Å². The highest BCUT2D eigenvalue weighted by atomic mass is 32.1. The predicted octanol–water partition coefficient (Wildman–Crippen LogP) is 10.8. The zero-order valence-electron chi connectivity index (χ0n) is 22.9. The fourth-order valence-corrected chi connectivity index (χ4v) is 8.48. The minimum atomic E-state index is 0.965. The molecule has 0 aliphatic carbocycles. The second kappa shape index (κ2) is 7.68. The van der Waals surface area contributed by atoms with Crippen molar-refractivity contribution in [3.8, 4) is 11.1 Å². The van der Waals surface area contributed by atoms with Gasteiger partial charge in [-0.25, -0.2) is 4.98 Å². The summed E-state index contributed by atoms with van der Waals surface area (Å²) in [4.78, 5) is 5.28. The Bertz CT molecular complexity index is 2960. The Morgan fingerprint density at radius 1 is 0.442 bits per heavy atom. The van der Waals surface area contributed by atoms with Crippen LogP contribution in [0.4, 0.5) is 0 Å². The van der Waals surface area contributed by atoms with Crippen LogP contribution in [0.1, 0.15) is 0 Å². The molecule has 11 rings (SSSR count). The molecule has 0 radical (unpaired) electrons. The van der Waals surface area contributed by atoms with E-state index in [1.807, 2.05) is 11.3 Å². The second-order valence-electron chi connectivity index (χ2n) is 11.7. The minimum Gasteiger partial charge on any atom is -0.277 e. The third-order valence-electron chi connectivity index (χ3n) is 9.36. The van der Waals surface area contributed by atoms with Crippen LogP contribution in [0.15, 0.2) is 127 Å². The van der Waals surface area contributed by atoms with Crippen LogP contribution in [0, 0.1) is 0 Å². The summed E-state index contributed by atoms with van der Waals surface area (Å²) in [6.07, 6.45) is 0. The molecule has 0 N–H and O–H groups in total. The summed E-state index contributed by atoms with van der Waals surface area (Å²) < 4.78 is 7.42. The van der Waals surface area contributed by atoms with Crippen molar-refractivity contribution in [1.82, 2.24) is 13.8 Å². The third kappa shape index (κ3) is 2.81. The monoisotopic (exact) mass is 563 g/mol. The van der Waals surface area contributed by atoms with Gasteiger partial charge >= 0.3 is 0 Å². The first-order valence-corrected chi connectivity index (χ1v) is 15.4. The number of benzene rings is 7. The molecule has 3 nitrogen and oxygen atoms in total. The van der Waals surface area contributed by atoms with E-state index in [9.17, 15) is 0 Å². The lowest BCUT2D eigenvalue weighted by molar-refractivity contribution is 1.22. The van der Waals surface area contributed by atoms with E-state index in [0.717, 1.165) is 16.8 Å². The van der Waals surface area contributed by atoms with Crippen molar-refractivity contribution in [3.63, 3.8) is 0 Å². The van der Waals surface area contributed by atoms with Gasteiger partial charge in [-0.15, -0.1) is 11.3 Å². The summed E-state index contributed by atoms with van der Waals surface area (Å²) in [7, 11) is 0. The van der Waals surface area contributed by atoms with Crippen LogP contribution in [0.25, 0.3) is 97.0 Å². The maximum absolute atomic E-state index is 5.28. The molecule has 4 aromatic heterocycles. The zero-order chi connectivity index (χ0) is 27.8. The van der Waals surface area contributed by atoms with E-state index in [1.165, 1.54) is 80.2 Å². The van der Waals surface area contributed by atoms with Gasteiger partial charge in [-0.05, 0) is 87.3 Å². The average molecular weight is 564 g/mol. The molecule has 0 bridgehead atoms. The fraction of sp³-hybridized carbons (Fsp3) is 0. The van der Waals surface area contributed by atoms with Gasteiger partial charge in [0.2, 0.25) is 5.78 Å². The molecule has 7 aromatic carbocycles. The van der Waals surface area contributed by atoms with Crippen molar-refractivity contribution in [3.05, 3.63) is 127 Å². The number of rotatable bonds is 1. The van der Waals surface area contributed by atoms with Crippen LogP contribution in [0.3, 0.4) is 0 Å². The molecule has 43 heavy (non-hydrogen) atoms. The molecule has 0 spiro atoms. The van der Waals surface area contributed by atoms with E-state index in [1.54, 1.807) is 0 Å². The summed E-state index contributed by atoms with van der Waals surface area (Å²) >= 11 is 1.87. The Hall–Kier alpha value is -5.45. The van der Waals surface area contributed by atoms with Gasteiger partial charge in [0.15, 0.2) is 0 Å². The Labute approximate surface area is 248 Å². The van der Waals surface area contributed by atoms with Gasteiger partial charge < -0.3 is 0 Å². The lowest BCUT2D eigenvalue weighted by Gasteiger charge is -2.06. The molecule has 11 aromatic rings.